The number of allylic oxidation sites excluding steroid dienone is 1. The van der Waals surface area contributed by atoms with Crippen molar-refractivity contribution in [3.8, 4) is 0 Å². The molecule has 0 aromatic heterocycles. The van der Waals surface area contributed by atoms with E-state index >= 15 is 0 Å². The lowest BCUT2D eigenvalue weighted by atomic mass is 9.93. The summed E-state index contributed by atoms with van der Waals surface area (Å²) in [5.74, 6) is 0. The minimum atomic E-state index is 0.844. The summed E-state index contributed by atoms with van der Waals surface area (Å²) in [6.07, 6.45) is 5.53. The van der Waals surface area contributed by atoms with Crippen molar-refractivity contribution in [2.75, 3.05) is 13.2 Å². The summed E-state index contributed by atoms with van der Waals surface area (Å²) < 4.78 is 4.83. The molecule has 0 saturated heterocycles. The van der Waals surface area contributed by atoms with Gasteiger partial charge >= 0.3 is 0 Å². The lowest BCUT2D eigenvalue weighted by Crippen LogP contribution is -1.91. The van der Waals surface area contributed by atoms with Gasteiger partial charge < -0.3 is 4.74 Å². The van der Waals surface area contributed by atoms with Gasteiger partial charge in [-0.1, -0.05) is 48.6 Å². The Balaban J connectivity index is 0.000000209. The van der Waals surface area contributed by atoms with E-state index < -0.39 is 0 Å². The molecule has 2 aromatic rings. The second kappa shape index (κ2) is 6.36. The van der Waals surface area contributed by atoms with Crippen LogP contribution >= 0.6 is 0 Å². The van der Waals surface area contributed by atoms with Gasteiger partial charge in [0.25, 0.3) is 0 Å². The molecule has 0 atom stereocenters. The highest BCUT2D eigenvalue weighted by Gasteiger charge is 2.06. The minimum absolute atomic E-state index is 0.844. The van der Waals surface area contributed by atoms with Crippen molar-refractivity contribution in [2.45, 2.75) is 20.3 Å². The van der Waals surface area contributed by atoms with Gasteiger partial charge in [-0.15, -0.1) is 0 Å². The third-order valence-electron chi connectivity index (χ3n) is 3.07. The Labute approximate surface area is 109 Å². The number of hydrogen-bond acceptors (Lipinski definition) is 1. The van der Waals surface area contributed by atoms with Crippen LogP contribution in [-0.4, -0.2) is 13.2 Å². The molecule has 2 aromatic carbocycles. The monoisotopic (exact) mass is 240 g/mol. The van der Waals surface area contributed by atoms with Crippen molar-refractivity contribution in [1.82, 2.24) is 0 Å². The fourth-order valence-electron chi connectivity index (χ4n) is 2.28. The van der Waals surface area contributed by atoms with Gasteiger partial charge in [-0.25, -0.2) is 0 Å². The average Bonchev–Trinajstić information content (AvgIpc) is 2.42. The van der Waals surface area contributed by atoms with E-state index in [2.05, 4.69) is 48.6 Å². The van der Waals surface area contributed by atoms with Crippen LogP contribution in [0.1, 0.15) is 25.0 Å². The molecule has 0 saturated carbocycles. The molecular formula is C17H20O. The lowest BCUT2D eigenvalue weighted by molar-refractivity contribution is 0.162. The minimum Gasteiger partial charge on any atom is -0.382 e. The van der Waals surface area contributed by atoms with Gasteiger partial charge in [0, 0.05) is 13.2 Å². The predicted molar refractivity (Wildman–Crippen MR) is 78.9 cm³/mol. The largest absolute Gasteiger partial charge is 0.382 e. The first-order chi connectivity index (χ1) is 8.86. The van der Waals surface area contributed by atoms with Gasteiger partial charge in [0.15, 0.2) is 0 Å². The highest BCUT2D eigenvalue weighted by atomic mass is 16.5. The van der Waals surface area contributed by atoms with Gasteiger partial charge in [0.1, 0.15) is 0 Å². The molecule has 0 radical (unpaired) electrons. The van der Waals surface area contributed by atoms with E-state index in [-0.39, 0.29) is 0 Å². The first-order valence-corrected chi connectivity index (χ1v) is 6.61. The number of rotatable bonds is 2. The molecule has 0 unspecified atom stereocenters. The van der Waals surface area contributed by atoms with Crippen LogP contribution in [0.25, 0.3) is 16.8 Å². The van der Waals surface area contributed by atoms with Crippen LogP contribution < -0.4 is 0 Å². The van der Waals surface area contributed by atoms with Crippen molar-refractivity contribution < 1.29 is 4.74 Å². The van der Waals surface area contributed by atoms with Crippen LogP contribution in [0.15, 0.2) is 42.5 Å². The van der Waals surface area contributed by atoms with E-state index in [1.807, 2.05) is 13.8 Å². The number of benzene rings is 2. The molecular weight excluding hydrogens is 220 g/mol. The standard InChI is InChI=1S/C13H10.C4H10O/c1-4-10-6-2-8-12-9-3-7-11(5-1)13(10)12;1-3-5-4-2/h1-8H,9H2;3-4H2,1-2H3. The van der Waals surface area contributed by atoms with Crippen molar-refractivity contribution in [3.63, 3.8) is 0 Å². The van der Waals surface area contributed by atoms with Crippen molar-refractivity contribution in [2.24, 2.45) is 0 Å². The van der Waals surface area contributed by atoms with Gasteiger partial charge in [-0.2, -0.15) is 0 Å². The maximum atomic E-state index is 4.83. The Kier molecular flexibility index (Phi) is 4.54. The SMILES string of the molecule is C1=Cc2cccc3cccc(c23)C1.CCOCC. The zero-order valence-corrected chi connectivity index (χ0v) is 11.1. The Hall–Kier alpha value is -1.60. The Morgan fingerprint density at radius 3 is 2.39 bits per heavy atom. The first kappa shape index (κ1) is 12.8. The van der Waals surface area contributed by atoms with Crippen LogP contribution in [0, 0.1) is 0 Å². The third-order valence-corrected chi connectivity index (χ3v) is 3.07. The molecule has 0 aliphatic heterocycles. The summed E-state index contributed by atoms with van der Waals surface area (Å²) in [7, 11) is 0. The molecule has 18 heavy (non-hydrogen) atoms. The summed E-state index contributed by atoms with van der Waals surface area (Å²) in [5.41, 5.74) is 2.81. The molecule has 0 amide bonds. The third kappa shape index (κ3) is 2.80. The second-order valence-electron chi connectivity index (χ2n) is 4.25. The van der Waals surface area contributed by atoms with E-state index in [4.69, 9.17) is 4.74 Å². The average molecular weight is 240 g/mol. The first-order valence-electron chi connectivity index (χ1n) is 6.61. The van der Waals surface area contributed by atoms with E-state index in [0.29, 0.717) is 0 Å². The zero-order chi connectivity index (χ0) is 12.8. The van der Waals surface area contributed by atoms with E-state index in [0.717, 1.165) is 19.6 Å². The molecule has 0 N–H and O–H groups in total. The number of ether oxygens (including phenoxy) is 1. The summed E-state index contributed by atoms with van der Waals surface area (Å²) in [6.45, 7) is 5.67. The molecule has 0 bridgehead atoms. The summed E-state index contributed by atoms with van der Waals surface area (Å²) in [6, 6.07) is 13.0. The fourth-order valence-corrected chi connectivity index (χ4v) is 2.28. The van der Waals surface area contributed by atoms with Gasteiger partial charge in [-0.3, -0.25) is 0 Å². The molecule has 3 rings (SSSR count). The lowest BCUT2D eigenvalue weighted by Gasteiger charge is -2.11. The van der Waals surface area contributed by atoms with Crippen LogP contribution in [0.3, 0.4) is 0 Å². The van der Waals surface area contributed by atoms with Crippen molar-refractivity contribution >= 4 is 16.8 Å². The van der Waals surface area contributed by atoms with Crippen molar-refractivity contribution in [3.05, 3.63) is 53.6 Å². The van der Waals surface area contributed by atoms with Crippen LogP contribution in [0.5, 0.6) is 0 Å². The molecule has 1 heteroatoms. The molecule has 1 aliphatic rings. The zero-order valence-electron chi connectivity index (χ0n) is 11.1. The fraction of sp³-hybridized carbons (Fsp3) is 0.294. The summed E-state index contributed by atoms with van der Waals surface area (Å²) >= 11 is 0. The van der Waals surface area contributed by atoms with E-state index in [1.165, 1.54) is 21.9 Å². The molecule has 0 fully saturated rings. The summed E-state index contributed by atoms with van der Waals surface area (Å²) in [5, 5.41) is 2.80. The Bertz CT molecular complexity index is 533. The Morgan fingerprint density at radius 1 is 1.00 bits per heavy atom. The second-order valence-corrected chi connectivity index (χ2v) is 4.25. The van der Waals surface area contributed by atoms with E-state index in [1.54, 1.807) is 0 Å². The molecule has 1 aliphatic carbocycles. The molecule has 0 heterocycles. The highest BCUT2D eigenvalue weighted by Crippen LogP contribution is 2.27. The van der Waals surface area contributed by atoms with Crippen LogP contribution in [0.4, 0.5) is 0 Å². The molecule has 94 valence electrons. The van der Waals surface area contributed by atoms with Crippen LogP contribution in [-0.2, 0) is 11.2 Å². The van der Waals surface area contributed by atoms with Gasteiger partial charge in [-0.05, 0) is 42.2 Å². The van der Waals surface area contributed by atoms with E-state index in [9.17, 15) is 0 Å². The van der Waals surface area contributed by atoms with Crippen molar-refractivity contribution in [1.29, 1.82) is 0 Å². The smallest absolute Gasteiger partial charge is 0.0437 e. The van der Waals surface area contributed by atoms with Gasteiger partial charge in [0.05, 0.1) is 0 Å². The molecule has 1 nitrogen and oxygen atoms in total. The topological polar surface area (TPSA) is 9.23 Å². The van der Waals surface area contributed by atoms with Gasteiger partial charge in [0.2, 0.25) is 0 Å². The number of hydrogen-bond donors (Lipinski definition) is 0. The quantitative estimate of drug-likeness (QED) is 0.753. The summed E-state index contributed by atoms with van der Waals surface area (Å²) in [4.78, 5) is 0. The van der Waals surface area contributed by atoms with Crippen LogP contribution in [0.2, 0.25) is 0 Å². The predicted octanol–water partition coefficient (Wildman–Crippen LogP) is 4.45. The molecule has 0 spiro atoms. The Morgan fingerprint density at radius 2 is 1.72 bits per heavy atom. The normalized spacial score (nSPS) is 12.1. The maximum absolute atomic E-state index is 4.83. The maximum Gasteiger partial charge on any atom is 0.0437 e. The highest BCUT2D eigenvalue weighted by molar-refractivity contribution is 5.94.